The van der Waals surface area contributed by atoms with Gasteiger partial charge in [-0.25, -0.2) is 0 Å². The molecule has 1 aliphatic rings. The van der Waals surface area contributed by atoms with E-state index in [9.17, 15) is 4.79 Å². The molecule has 98 valence electrons. The van der Waals surface area contributed by atoms with Crippen molar-refractivity contribution in [1.82, 2.24) is 5.32 Å². The molecule has 0 aromatic heterocycles. The van der Waals surface area contributed by atoms with Crippen molar-refractivity contribution in [3.63, 3.8) is 0 Å². The highest BCUT2D eigenvalue weighted by molar-refractivity contribution is 5.98. The van der Waals surface area contributed by atoms with Gasteiger partial charge in [-0.15, -0.1) is 0 Å². The Morgan fingerprint density at radius 3 is 2.78 bits per heavy atom. The highest BCUT2D eigenvalue weighted by Crippen LogP contribution is 2.27. The van der Waals surface area contributed by atoms with Gasteiger partial charge in [-0.2, -0.15) is 0 Å². The number of rotatable bonds is 3. The summed E-state index contributed by atoms with van der Waals surface area (Å²) in [5.74, 6) is 0.675. The molecule has 0 fully saturated rings. The van der Waals surface area contributed by atoms with Crippen molar-refractivity contribution in [3.8, 4) is 0 Å². The SMILES string of the molecule is CNC1CCc2ccccc2N(CC(C)C)C1=O. The number of hydrogen-bond acceptors (Lipinski definition) is 2. The minimum absolute atomic E-state index is 0.0591. The summed E-state index contributed by atoms with van der Waals surface area (Å²) in [5.41, 5.74) is 2.37. The largest absolute Gasteiger partial charge is 0.311 e. The van der Waals surface area contributed by atoms with Gasteiger partial charge in [-0.3, -0.25) is 4.79 Å². The lowest BCUT2D eigenvalue weighted by atomic mass is 10.1. The molecule has 3 heteroatoms. The lowest BCUT2D eigenvalue weighted by Gasteiger charge is -2.27. The first kappa shape index (κ1) is 13.1. The molecular formula is C15H22N2O. The van der Waals surface area contributed by atoms with Crippen LogP contribution in [-0.2, 0) is 11.2 Å². The van der Waals surface area contributed by atoms with E-state index in [-0.39, 0.29) is 11.9 Å². The van der Waals surface area contributed by atoms with E-state index in [0.29, 0.717) is 5.92 Å². The molecule has 0 saturated carbocycles. The Bertz CT molecular complexity index is 428. The van der Waals surface area contributed by atoms with Gasteiger partial charge < -0.3 is 10.2 Å². The Balaban J connectivity index is 2.38. The van der Waals surface area contributed by atoms with E-state index in [1.807, 2.05) is 18.0 Å². The van der Waals surface area contributed by atoms with Gasteiger partial charge in [0.2, 0.25) is 5.91 Å². The molecule has 18 heavy (non-hydrogen) atoms. The minimum atomic E-state index is -0.0591. The summed E-state index contributed by atoms with van der Waals surface area (Å²) in [6, 6.07) is 8.20. The second-order valence-corrected chi connectivity index (χ2v) is 5.35. The average Bonchev–Trinajstić information content (AvgIpc) is 2.48. The molecule has 1 aromatic carbocycles. The Hall–Kier alpha value is -1.35. The van der Waals surface area contributed by atoms with E-state index in [1.54, 1.807) is 0 Å². The third-order valence-corrected chi connectivity index (χ3v) is 3.45. The second-order valence-electron chi connectivity index (χ2n) is 5.35. The number of anilines is 1. The number of nitrogens with zero attached hydrogens (tertiary/aromatic N) is 1. The zero-order valence-corrected chi connectivity index (χ0v) is 11.4. The summed E-state index contributed by atoms with van der Waals surface area (Å²) in [5, 5.41) is 3.14. The predicted molar refractivity (Wildman–Crippen MR) is 74.8 cm³/mol. The third-order valence-electron chi connectivity index (χ3n) is 3.45. The number of para-hydroxylation sites is 1. The predicted octanol–water partition coefficient (Wildman–Crippen LogP) is 2.21. The summed E-state index contributed by atoms with van der Waals surface area (Å²) in [6.45, 7) is 5.08. The molecule has 1 aliphatic heterocycles. The molecule has 1 N–H and O–H groups in total. The fraction of sp³-hybridized carbons (Fsp3) is 0.533. The monoisotopic (exact) mass is 246 g/mol. The number of carbonyl (C=O) groups is 1. The number of nitrogens with one attached hydrogen (secondary N) is 1. The van der Waals surface area contributed by atoms with Gasteiger partial charge >= 0.3 is 0 Å². The van der Waals surface area contributed by atoms with Crippen LogP contribution in [0.2, 0.25) is 0 Å². The van der Waals surface area contributed by atoms with Crippen LogP contribution in [0.1, 0.15) is 25.8 Å². The summed E-state index contributed by atoms with van der Waals surface area (Å²) in [7, 11) is 1.87. The first-order chi connectivity index (χ1) is 8.63. The van der Waals surface area contributed by atoms with Crippen molar-refractivity contribution in [1.29, 1.82) is 0 Å². The summed E-state index contributed by atoms with van der Waals surface area (Å²) in [4.78, 5) is 14.5. The van der Waals surface area contributed by atoms with Crippen LogP contribution in [-0.4, -0.2) is 25.5 Å². The van der Waals surface area contributed by atoms with Crippen molar-refractivity contribution in [2.75, 3.05) is 18.5 Å². The maximum atomic E-state index is 12.5. The number of aryl methyl sites for hydroxylation is 1. The normalized spacial score (nSPS) is 19.9. The standard InChI is InChI=1S/C15H22N2O/c1-11(2)10-17-14-7-5-4-6-12(14)8-9-13(16-3)15(17)18/h4-7,11,13,16H,8-10H2,1-3H3. The summed E-state index contributed by atoms with van der Waals surface area (Å²) >= 11 is 0. The maximum Gasteiger partial charge on any atom is 0.244 e. The molecular weight excluding hydrogens is 224 g/mol. The Labute approximate surface area is 109 Å². The van der Waals surface area contributed by atoms with Crippen LogP contribution in [0.4, 0.5) is 5.69 Å². The van der Waals surface area contributed by atoms with Crippen LogP contribution in [0.25, 0.3) is 0 Å². The highest BCUT2D eigenvalue weighted by Gasteiger charge is 2.29. The first-order valence-corrected chi connectivity index (χ1v) is 6.70. The molecule has 1 aromatic rings. The van der Waals surface area contributed by atoms with Crippen LogP contribution < -0.4 is 10.2 Å². The fourth-order valence-corrected chi connectivity index (χ4v) is 2.54. The molecule has 1 heterocycles. The van der Waals surface area contributed by atoms with Crippen LogP contribution in [0, 0.1) is 5.92 Å². The van der Waals surface area contributed by atoms with Crippen LogP contribution in [0.3, 0.4) is 0 Å². The molecule has 1 unspecified atom stereocenters. The third kappa shape index (κ3) is 2.56. The molecule has 3 nitrogen and oxygen atoms in total. The van der Waals surface area contributed by atoms with Crippen molar-refractivity contribution in [2.45, 2.75) is 32.7 Å². The van der Waals surface area contributed by atoms with E-state index in [2.05, 4.69) is 37.4 Å². The van der Waals surface area contributed by atoms with E-state index in [0.717, 1.165) is 25.1 Å². The number of hydrogen-bond donors (Lipinski definition) is 1. The van der Waals surface area contributed by atoms with E-state index < -0.39 is 0 Å². The van der Waals surface area contributed by atoms with E-state index in [1.165, 1.54) is 5.56 Å². The van der Waals surface area contributed by atoms with Crippen LogP contribution in [0.15, 0.2) is 24.3 Å². The Morgan fingerprint density at radius 1 is 1.39 bits per heavy atom. The Kier molecular flexibility index (Phi) is 4.02. The van der Waals surface area contributed by atoms with Crippen molar-refractivity contribution in [2.24, 2.45) is 5.92 Å². The lowest BCUT2D eigenvalue weighted by Crippen LogP contribution is -2.45. The van der Waals surface area contributed by atoms with Gasteiger partial charge in [0.25, 0.3) is 0 Å². The average molecular weight is 246 g/mol. The highest BCUT2D eigenvalue weighted by atomic mass is 16.2. The zero-order chi connectivity index (χ0) is 13.1. The van der Waals surface area contributed by atoms with Crippen molar-refractivity contribution in [3.05, 3.63) is 29.8 Å². The van der Waals surface area contributed by atoms with E-state index in [4.69, 9.17) is 0 Å². The number of likely N-dealkylation sites (N-methyl/N-ethyl adjacent to an activating group) is 1. The molecule has 2 rings (SSSR count). The molecule has 0 bridgehead atoms. The molecule has 1 amide bonds. The number of carbonyl (C=O) groups excluding carboxylic acids is 1. The molecule has 0 radical (unpaired) electrons. The van der Waals surface area contributed by atoms with Gasteiger partial charge in [-0.1, -0.05) is 32.0 Å². The fourth-order valence-electron chi connectivity index (χ4n) is 2.54. The molecule has 0 spiro atoms. The van der Waals surface area contributed by atoms with Gasteiger partial charge in [0, 0.05) is 12.2 Å². The van der Waals surface area contributed by atoms with Gasteiger partial charge in [0.1, 0.15) is 0 Å². The lowest BCUT2D eigenvalue weighted by molar-refractivity contribution is -0.120. The van der Waals surface area contributed by atoms with Crippen LogP contribution >= 0.6 is 0 Å². The topological polar surface area (TPSA) is 32.3 Å². The summed E-state index contributed by atoms with van der Waals surface area (Å²) < 4.78 is 0. The van der Waals surface area contributed by atoms with E-state index >= 15 is 0 Å². The van der Waals surface area contributed by atoms with Crippen molar-refractivity contribution >= 4 is 11.6 Å². The zero-order valence-electron chi connectivity index (χ0n) is 11.4. The Morgan fingerprint density at radius 2 is 2.11 bits per heavy atom. The van der Waals surface area contributed by atoms with Gasteiger partial charge in [0.05, 0.1) is 6.04 Å². The molecule has 0 aliphatic carbocycles. The smallest absolute Gasteiger partial charge is 0.244 e. The number of benzene rings is 1. The van der Waals surface area contributed by atoms with Gasteiger partial charge in [-0.05, 0) is 37.4 Å². The number of fused-ring (bicyclic) bond motifs is 1. The van der Waals surface area contributed by atoms with Crippen LogP contribution in [0.5, 0.6) is 0 Å². The molecule has 0 saturated heterocycles. The maximum absolute atomic E-state index is 12.5. The van der Waals surface area contributed by atoms with Crippen molar-refractivity contribution < 1.29 is 4.79 Å². The quantitative estimate of drug-likeness (QED) is 0.887. The summed E-state index contributed by atoms with van der Waals surface area (Å²) in [6.07, 6.45) is 1.84. The first-order valence-electron chi connectivity index (χ1n) is 6.70. The van der Waals surface area contributed by atoms with Gasteiger partial charge in [0.15, 0.2) is 0 Å². The minimum Gasteiger partial charge on any atom is -0.311 e. The second kappa shape index (κ2) is 5.53. The molecule has 1 atom stereocenters. The number of amides is 1.